The van der Waals surface area contributed by atoms with E-state index in [2.05, 4.69) is 29.0 Å². The third-order valence-corrected chi connectivity index (χ3v) is 3.90. The molecule has 116 valence electrons. The number of hydrogen-bond donors (Lipinski definition) is 1. The number of piperidine rings is 1. The molecule has 2 rings (SSSR count). The first-order valence-corrected chi connectivity index (χ1v) is 7.57. The average molecular weight is 292 g/mol. The van der Waals surface area contributed by atoms with Crippen LogP contribution < -0.4 is 10.2 Å². The summed E-state index contributed by atoms with van der Waals surface area (Å²) in [5.74, 6) is 1.46. The van der Waals surface area contributed by atoms with E-state index in [0.717, 1.165) is 31.9 Å². The average Bonchev–Trinajstić information content (AvgIpc) is 2.45. The number of aryl methyl sites for hydroxylation is 1. The van der Waals surface area contributed by atoms with Gasteiger partial charge in [0.15, 0.2) is 0 Å². The van der Waals surface area contributed by atoms with E-state index in [1.807, 2.05) is 0 Å². The first kappa shape index (κ1) is 15.7. The van der Waals surface area contributed by atoms with E-state index in [9.17, 15) is 10.1 Å². The van der Waals surface area contributed by atoms with Gasteiger partial charge in [-0.05, 0) is 38.3 Å². The molecular formula is C15H24N4O2. The maximum absolute atomic E-state index is 10.9. The van der Waals surface area contributed by atoms with Gasteiger partial charge in [-0.2, -0.15) is 0 Å². The van der Waals surface area contributed by atoms with E-state index in [1.54, 1.807) is 19.1 Å². The molecular weight excluding hydrogens is 268 g/mol. The molecule has 21 heavy (non-hydrogen) atoms. The Morgan fingerprint density at radius 2 is 2.29 bits per heavy atom. The summed E-state index contributed by atoms with van der Waals surface area (Å²) in [5.41, 5.74) is 0.578. The Morgan fingerprint density at radius 3 is 2.90 bits per heavy atom. The Bertz CT molecular complexity index is 504. The molecule has 0 saturated carbocycles. The molecule has 1 fully saturated rings. The zero-order valence-electron chi connectivity index (χ0n) is 13.0. The van der Waals surface area contributed by atoms with Gasteiger partial charge < -0.3 is 10.2 Å². The predicted octanol–water partition coefficient (Wildman–Crippen LogP) is 2.51. The van der Waals surface area contributed by atoms with Crippen LogP contribution >= 0.6 is 0 Å². The topological polar surface area (TPSA) is 71.3 Å². The molecule has 0 bridgehead atoms. The number of nitro groups is 1. The van der Waals surface area contributed by atoms with Crippen LogP contribution in [0.25, 0.3) is 0 Å². The third-order valence-electron chi connectivity index (χ3n) is 3.90. The van der Waals surface area contributed by atoms with Crippen LogP contribution in [0.4, 0.5) is 11.5 Å². The zero-order valence-corrected chi connectivity index (χ0v) is 13.0. The molecule has 0 amide bonds. The Labute approximate surface area is 125 Å². The standard InChI is InChI=1S/C15H24N4O2/c1-11(2)16-9-13-5-4-8-18(10-13)15-7-6-14(19(20)21)12(3)17-15/h6-7,11,13,16H,4-5,8-10H2,1-3H3. The number of aromatic nitrogens is 1. The highest BCUT2D eigenvalue weighted by Gasteiger charge is 2.22. The van der Waals surface area contributed by atoms with Crippen molar-refractivity contribution in [2.24, 2.45) is 5.92 Å². The van der Waals surface area contributed by atoms with Gasteiger partial charge in [0.05, 0.1) is 4.92 Å². The maximum atomic E-state index is 10.9. The molecule has 6 nitrogen and oxygen atoms in total. The zero-order chi connectivity index (χ0) is 15.4. The lowest BCUT2D eigenvalue weighted by molar-refractivity contribution is -0.385. The SMILES string of the molecule is Cc1nc(N2CCCC(CNC(C)C)C2)ccc1[N+](=O)[O-]. The fourth-order valence-corrected chi connectivity index (χ4v) is 2.75. The van der Waals surface area contributed by atoms with Gasteiger partial charge in [0.1, 0.15) is 11.5 Å². The van der Waals surface area contributed by atoms with Crippen molar-refractivity contribution < 1.29 is 4.92 Å². The fourth-order valence-electron chi connectivity index (χ4n) is 2.75. The second-order valence-corrected chi connectivity index (χ2v) is 6.05. The van der Waals surface area contributed by atoms with Crippen molar-refractivity contribution in [1.82, 2.24) is 10.3 Å². The smallest absolute Gasteiger partial charge is 0.290 e. The van der Waals surface area contributed by atoms with Crippen LogP contribution in [0.2, 0.25) is 0 Å². The van der Waals surface area contributed by atoms with E-state index in [-0.39, 0.29) is 10.6 Å². The Morgan fingerprint density at radius 1 is 1.52 bits per heavy atom. The van der Waals surface area contributed by atoms with Crippen molar-refractivity contribution in [1.29, 1.82) is 0 Å². The molecule has 0 aromatic carbocycles. The van der Waals surface area contributed by atoms with E-state index in [4.69, 9.17) is 0 Å². The molecule has 0 aliphatic carbocycles. The van der Waals surface area contributed by atoms with E-state index >= 15 is 0 Å². The molecule has 1 saturated heterocycles. The second-order valence-electron chi connectivity index (χ2n) is 6.05. The summed E-state index contributed by atoms with van der Waals surface area (Å²) in [6.45, 7) is 8.96. The number of rotatable bonds is 5. The van der Waals surface area contributed by atoms with Gasteiger partial charge in [0.25, 0.3) is 5.69 Å². The van der Waals surface area contributed by atoms with Crippen molar-refractivity contribution in [2.75, 3.05) is 24.5 Å². The van der Waals surface area contributed by atoms with Crippen LogP contribution in [0.5, 0.6) is 0 Å². The van der Waals surface area contributed by atoms with Crippen LogP contribution in [-0.4, -0.2) is 35.6 Å². The van der Waals surface area contributed by atoms with Crippen molar-refractivity contribution in [3.63, 3.8) is 0 Å². The lowest BCUT2D eigenvalue weighted by atomic mass is 9.97. The molecule has 1 aliphatic heterocycles. The minimum Gasteiger partial charge on any atom is -0.356 e. The molecule has 1 unspecified atom stereocenters. The van der Waals surface area contributed by atoms with E-state index in [0.29, 0.717) is 17.7 Å². The summed E-state index contributed by atoms with van der Waals surface area (Å²) in [6.07, 6.45) is 2.37. The van der Waals surface area contributed by atoms with Crippen molar-refractivity contribution in [3.8, 4) is 0 Å². The highest BCUT2D eigenvalue weighted by molar-refractivity contribution is 5.47. The normalized spacial score (nSPS) is 19.0. The quantitative estimate of drug-likeness (QED) is 0.667. The highest BCUT2D eigenvalue weighted by atomic mass is 16.6. The molecule has 2 heterocycles. The Hall–Kier alpha value is -1.69. The summed E-state index contributed by atoms with van der Waals surface area (Å²) in [6, 6.07) is 3.83. The summed E-state index contributed by atoms with van der Waals surface area (Å²) in [5, 5.41) is 14.3. The molecule has 1 aromatic rings. The van der Waals surface area contributed by atoms with Crippen molar-refractivity contribution in [2.45, 2.75) is 39.7 Å². The number of nitrogens with zero attached hydrogens (tertiary/aromatic N) is 3. The molecule has 0 radical (unpaired) electrons. The number of pyridine rings is 1. The Balaban J connectivity index is 2.04. The first-order chi connectivity index (χ1) is 9.97. The molecule has 0 spiro atoms. The van der Waals surface area contributed by atoms with Crippen molar-refractivity contribution >= 4 is 11.5 Å². The molecule has 6 heteroatoms. The van der Waals surface area contributed by atoms with Gasteiger partial charge >= 0.3 is 0 Å². The van der Waals surface area contributed by atoms with Crippen LogP contribution in [0.1, 0.15) is 32.4 Å². The lowest BCUT2D eigenvalue weighted by Crippen LogP contribution is -2.41. The van der Waals surface area contributed by atoms with Crippen molar-refractivity contribution in [3.05, 3.63) is 27.9 Å². The van der Waals surface area contributed by atoms with Gasteiger partial charge in [-0.25, -0.2) is 4.98 Å². The van der Waals surface area contributed by atoms with Crippen LogP contribution in [0.3, 0.4) is 0 Å². The van der Waals surface area contributed by atoms with Crippen LogP contribution in [-0.2, 0) is 0 Å². The van der Waals surface area contributed by atoms with Gasteiger partial charge in [-0.1, -0.05) is 13.8 Å². The second kappa shape index (κ2) is 6.85. The predicted molar refractivity (Wildman–Crippen MR) is 83.7 cm³/mol. The fraction of sp³-hybridized carbons (Fsp3) is 0.667. The summed E-state index contributed by atoms with van der Waals surface area (Å²) in [4.78, 5) is 17.1. The van der Waals surface area contributed by atoms with Gasteiger partial charge in [-0.15, -0.1) is 0 Å². The molecule has 1 atom stereocenters. The van der Waals surface area contributed by atoms with E-state index < -0.39 is 0 Å². The lowest BCUT2D eigenvalue weighted by Gasteiger charge is -2.34. The summed E-state index contributed by atoms with van der Waals surface area (Å²) in [7, 11) is 0. The maximum Gasteiger partial charge on any atom is 0.290 e. The number of anilines is 1. The minimum absolute atomic E-state index is 0.0915. The van der Waals surface area contributed by atoms with Gasteiger partial charge in [0, 0.05) is 25.2 Å². The number of nitrogens with one attached hydrogen (secondary N) is 1. The highest BCUT2D eigenvalue weighted by Crippen LogP contribution is 2.24. The van der Waals surface area contributed by atoms with Crippen LogP contribution in [0, 0.1) is 23.0 Å². The molecule has 1 N–H and O–H groups in total. The number of hydrogen-bond acceptors (Lipinski definition) is 5. The third kappa shape index (κ3) is 4.14. The van der Waals surface area contributed by atoms with Gasteiger partial charge in [-0.3, -0.25) is 10.1 Å². The minimum atomic E-state index is -0.377. The van der Waals surface area contributed by atoms with E-state index in [1.165, 1.54) is 6.42 Å². The monoisotopic (exact) mass is 292 g/mol. The van der Waals surface area contributed by atoms with Gasteiger partial charge in [0.2, 0.25) is 0 Å². The molecule has 1 aliphatic rings. The van der Waals surface area contributed by atoms with Crippen LogP contribution in [0.15, 0.2) is 12.1 Å². The summed E-state index contributed by atoms with van der Waals surface area (Å²) < 4.78 is 0. The summed E-state index contributed by atoms with van der Waals surface area (Å²) >= 11 is 0. The molecule has 1 aromatic heterocycles. The Kier molecular flexibility index (Phi) is 5.12. The largest absolute Gasteiger partial charge is 0.356 e. The first-order valence-electron chi connectivity index (χ1n) is 7.57.